The largest absolute Gasteiger partial charge is 0.361 e. The van der Waals surface area contributed by atoms with Gasteiger partial charge in [-0.3, -0.25) is 4.99 Å². The summed E-state index contributed by atoms with van der Waals surface area (Å²) in [5.41, 5.74) is 2.16. The Bertz CT molecular complexity index is 614. The van der Waals surface area contributed by atoms with Gasteiger partial charge in [0, 0.05) is 30.5 Å². The molecule has 0 fully saturated rings. The highest BCUT2D eigenvalue weighted by atomic mass is 79.9. The predicted molar refractivity (Wildman–Crippen MR) is 94.3 cm³/mol. The molecule has 2 aromatic rings. The molecule has 2 N–H and O–H groups in total. The molecule has 2 aromatic heterocycles. The Labute approximate surface area is 143 Å². The van der Waals surface area contributed by atoms with E-state index in [0.29, 0.717) is 6.54 Å². The van der Waals surface area contributed by atoms with Crippen LogP contribution in [0.5, 0.6) is 0 Å². The summed E-state index contributed by atoms with van der Waals surface area (Å²) in [6, 6.07) is 4.15. The van der Waals surface area contributed by atoms with E-state index in [-0.39, 0.29) is 0 Å². The van der Waals surface area contributed by atoms with Crippen LogP contribution in [0.1, 0.15) is 35.7 Å². The molecule has 0 bridgehead atoms. The number of thiophene rings is 1. The third-order valence-electron chi connectivity index (χ3n) is 3.32. The van der Waals surface area contributed by atoms with E-state index in [1.54, 1.807) is 18.4 Å². The zero-order valence-electron chi connectivity index (χ0n) is 13.1. The van der Waals surface area contributed by atoms with Crippen LogP contribution in [0.3, 0.4) is 0 Å². The Hall–Kier alpha value is -1.34. The number of aromatic nitrogens is 1. The smallest absolute Gasteiger partial charge is 0.191 e. The summed E-state index contributed by atoms with van der Waals surface area (Å²) < 4.78 is 6.52. The molecule has 0 atom stereocenters. The minimum atomic E-state index is 0.670. The van der Waals surface area contributed by atoms with Gasteiger partial charge in [0.15, 0.2) is 5.96 Å². The first kappa shape index (κ1) is 17.0. The number of hydrogen-bond donors (Lipinski definition) is 2. The molecule has 0 aliphatic rings. The first-order valence-corrected chi connectivity index (χ1v) is 8.93. The van der Waals surface area contributed by atoms with E-state index in [9.17, 15) is 0 Å². The van der Waals surface area contributed by atoms with E-state index >= 15 is 0 Å². The predicted octanol–water partition coefficient (Wildman–Crippen LogP) is 3.49. The first-order chi connectivity index (χ1) is 10.7. The maximum absolute atomic E-state index is 5.38. The zero-order valence-corrected chi connectivity index (χ0v) is 15.5. The minimum absolute atomic E-state index is 0.670. The van der Waals surface area contributed by atoms with Crippen LogP contribution in [0.4, 0.5) is 0 Å². The summed E-state index contributed by atoms with van der Waals surface area (Å²) in [5.74, 6) is 1.72. The van der Waals surface area contributed by atoms with Crippen molar-refractivity contribution in [2.75, 3.05) is 7.05 Å². The third-order valence-corrected chi connectivity index (χ3v) is 4.95. The van der Waals surface area contributed by atoms with Gasteiger partial charge in [0.2, 0.25) is 0 Å². The molecule has 7 heteroatoms. The molecule has 0 unspecified atom stereocenters. The average molecular weight is 385 g/mol. The Kier molecular flexibility index (Phi) is 6.45. The zero-order chi connectivity index (χ0) is 15.9. The number of nitrogens with one attached hydrogen (secondary N) is 2. The molecule has 120 valence electrons. The van der Waals surface area contributed by atoms with Gasteiger partial charge in [0.05, 0.1) is 16.0 Å². The van der Waals surface area contributed by atoms with Gasteiger partial charge in [-0.1, -0.05) is 19.0 Å². The number of aliphatic imine (C=N–C) groups is 1. The van der Waals surface area contributed by atoms with Crippen LogP contribution in [-0.4, -0.2) is 18.2 Å². The van der Waals surface area contributed by atoms with E-state index < -0.39 is 0 Å². The number of halogens is 1. The normalized spacial score (nSPS) is 11.7. The van der Waals surface area contributed by atoms with E-state index in [0.717, 1.165) is 46.1 Å². The van der Waals surface area contributed by atoms with Crippen molar-refractivity contribution < 1.29 is 4.52 Å². The summed E-state index contributed by atoms with van der Waals surface area (Å²) in [7, 11) is 1.77. The maximum Gasteiger partial charge on any atom is 0.191 e. The Balaban J connectivity index is 1.92. The lowest BCUT2D eigenvalue weighted by atomic mass is 10.1. The summed E-state index contributed by atoms with van der Waals surface area (Å²) in [6.45, 7) is 5.58. The van der Waals surface area contributed by atoms with Crippen molar-refractivity contribution in [3.63, 3.8) is 0 Å². The van der Waals surface area contributed by atoms with Gasteiger partial charge in [-0.15, -0.1) is 11.3 Å². The minimum Gasteiger partial charge on any atom is -0.361 e. The molecule has 2 rings (SSSR count). The third kappa shape index (κ3) is 4.33. The molecule has 2 heterocycles. The van der Waals surface area contributed by atoms with E-state index in [1.165, 1.54) is 4.88 Å². The number of nitrogens with zero attached hydrogens (tertiary/aromatic N) is 2. The lowest BCUT2D eigenvalue weighted by Crippen LogP contribution is -2.36. The SMILES string of the molecule is CCc1noc(CC)c1CNC(=NC)NCc1ccc(Br)s1. The van der Waals surface area contributed by atoms with Crippen molar-refractivity contribution in [3.8, 4) is 0 Å². The van der Waals surface area contributed by atoms with Gasteiger partial charge in [-0.2, -0.15) is 0 Å². The average Bonchev–Trinajstić information content (AvgIpc) is 3.13. The summed E-state index contributed by atoms with van der Waals surface area (Å²) >= 11 is 5.19. The highest BCUT2D eigenvalue weighted by Gasteiger charge is 2.13. The molecule has 0 amide bonds. The molecular weight excluding hydrogens is 364 g/mol. The lowest BCUT2D eigenvalue weighted by molar-refractivity contribution is 0.380. The topological polar surface area (TPSA) is 62.5 Å². The second-order valence-corrected chi connectivity index (χ2v) is 7.27. The van der Waals surface area contributed by atoms with Crippen LogP contribution in [0.15, 0.2) is 25.4 Å². The standard InChI is InChI=1S/C15H21BrN4OS/c1-4-12-11(13(5-2)21-20-12)9-19-15(17-3)18-8-10-6-7-14(16)22-10/h6-7H,4-5,8-9H2,1-3H3,(H2,17,18,19). The van der Waals surface area contributed by atoms with E-state index in [4.69, 9.17) is 4.52 Å². The van der Waals surface area contributed by atoms with Gasteiger partial charge in [0.1, 0.15) is 5.76 Å². The molecule has 0 saturated carbocycles. The van der Waals surface area contributed by atoms with E-state index in [1.807, 2.05) is 0 Å². The Morgan fingerprint density at radius 2 is 2.05 bits per heavy atom. The maximum atomic E-state index is 5.38. The fourth-order valence-electron chi connectivity index (χ4n) is 2.15. The van der Waals surface area contributed by atoms with Gasteiger partial charge in [-0.05, 0) is 34.5 Å². The molecule has 0 spiro atoms. The van der Waals surface area contributed by atoms with Crippen molar-refractivity contribution >= 4 is 33.2 Å². The highest BCUT2D eigenvalue weighted by molar-refractivity contribution is 9.11. The monoisotopic (exact) mass is 384 g/mol. The van der Waals surface area contributed by atoms with Crippen LogP contribution in [0, 0.1) is 0 Å². The summed E-state index contributed by atoms with van der Waals surface area (Å²) in [5, 5.41) is 10.8. The summed E-state index contributed by atoms with van der Waals surface area (Å²) in [6.07, 6.45) is 1.72. The molecule has 0 aliphatic carbocycles. The van der Waals surface area contributed by atoms with Crippen LogP contribution >= 0.6 is 27.3 Å². The van der Waals surface area contributed by atoms with Crippen LogP contribution in [0.2, 0.25) is 0 Å². The first-order valence-electron chi connectivity index (χ1n) is 7.32. The Morgan fingerprint density at radius 1 is 1.27 bits per heavy atom. The van der Waals surface area contributed by atoms with Gasteiger partial charge >= 0.3 is 0 Å². The Morgan fingerprint density at radius 3 is 2.64 bits per heavy atom. The molecule has 5 nitrogen and oxygen atoms in total. The number of hydrogen-bond acceptors (Lipinski definition) is 4. The summed E-state index contributed by atoms with van der Waals surface area (Å²) in [4.78, 5) is 5.51. The van der Waals surface area contributed by atoms with Crippen LogP contribution < -0.4 is 10.6 Å². The molecule has 0 radical (unpaired) electrons. The second kappa shape index (κ2) is 8.33. The lowest BCUT2D eigenvalue weighted by Gasteiger charge is -2.11. The molecule has 0 aliphatic heterocycles. The molecular formula is C15H21BrN4OS. The van der Waals surface area contributed by atoms with Crippen molar-refractivity contribution in [1.29, 1.82) is 0 Å². The van der Waals surface area contributed by atoms with Crippen LogP contribution in [-0.2, 0) is 25.9 Å². The number of guanidine groups is 1. The van der Waals surface area contributed by atoms with Crippen molar-refractivity contribution in [2.45, 2.75) is 39.8 Å². The van der Waals surface area contributed by atoms with Gasteiger partial charge < -0.3 is 15.2 Å². The second-order valence-electron chi connectivity index (χ2n) is 4.72. The van der Waals surface area contributed by atoms with Gasteiger partial charge in [0.25, 0.3) is 0 Å². The number of rotatable bonds is 6. The van der Waals surface area contributed by atoms with E-state index in [2.05, 4.69) is 62.7 Å². The molecule has 0 aromatic carbocycles. The van der Waals surface area contributed by atoms with Gasteiger partial charge in [-0.25, -0.2) is 0 Å². The molecule has 0 saturated heterocycles. The molecule has 22 heavy (non-hydrogen) atoms. The van der Waals surface area contributed by atoms with Crippen molar-refractivity contribution in [3.05, 3.63) is 37.8 Å². The fourth-order valence-corrected chi connectivity index (χ4v) is 3.57. The number of aryl methyl sites for hydroxylation is 2. The van der Waals surface area contributed by atoms with Crippen molar-refractivity contribution in [2.24, 2.45) is 4.99 Å². The van der Waals surface area contributed by atoms with Crippen LogP contribution in [0.25, 0.3) is 0 Å². The van der Waals surface area contributed by atoms with Crippen molar-refractivity contribution in [1.82, 2.24) is 15.8 Å². The quantitative estimate of drug-likeness (QED) is 0.590. The fraction of sp³-hybridized carbons (Fsp3) is 0.467. The highest BCUT2D eigenvalue weighted by Crippen LogP contribution is 2.21.